The highest BCUT2D eigenvalue weighted by Gasteiger charge is 2.17. The Labute approximate surface area is 107 Å². The van der Waals surface area contributed by atoms with Crippen molar-refractivity contribution >= 4 is 16.7 Å². The normalized spacial score (nSPS) is 12.9. The third-order valence-corrected chi connectivity index (χ3v) is 2.94. The van der Waals surface area contributed by atoms with Crippen LogP contribution in [0.3, 0.4) is 0 Å². The number of nitrogens with zero attached hydrogens (tertiary/aromatic N) is 1. The predicted octanol–water partition coefficient (Wildman–Crippen LogP) is 2.79. The van der Waals surface area contributed by atoms with E-state index >= 15 is 0 Å². The number of carbonyl (C=O) groups excluding carboxylic acids is 1. The van der Waals surface area contributed by atoms with Gasteiger partial charge in [0, 0.05) is 17.1 Å². The maximum absolute atomic E-state index is 12.2. The molecular weight excluding hydrogens is 224 g/mol. The van der Waals surface area contributed by atoms with Crippen molar-refractivity contribution in [2.45, 2.75) is 26.3 Å². The Kier molecular flexibility index (Phi) is 3.72. The van der Waals surface area contributed by atoms with Gasteiger partial charge in [-0.2, -0.15) is 0 Å². The highest BCUT2D eigenvalue weighted by atomic mass is 16.1. The number of rotatable bonds is 4. The number of para-hydroxylation sites is 1. The standard InChI is InChI=1S/C15H18N2O/c1-10(2)7-13(16)15(18)12-8-11-5-3-4-6-14(11)17-9-12/h3-6,8-10,13H,7,16H2,1-2H3. The van der Waals surface area contributed by atoms with Gasteiger partial charge in [-0.1, -0.05) is 32.0 Å². The fraction of sp³-hybridized carbons (Fsp3) is 0.333. The van der Waals surface area contributed by atoms with Crippen molar-refractivity contribution < 1.29 is 4.79 Å². The van der Waals surface area contributed by atoms with E-state index in [-0.39, 0.29) is 5.78 Å². The van der Waals surface area contributed by atoms with Crippen molar-refractivity contribution in [1.29, 1.82) is 0 Å². The first-order valence-corrected chi connectivity index (χ1v) is 6.22. The van der Waals surface area contributed by atoms with E-state index in [0.29, 0.717) is 17.9 Å². The third-order valence-electron chi connectivity index (χ3n) is 2.94. The summed E-state index contributed by atoms with van der Waals surface area (Å²) in [5.74, 6) is 0.388. The van der Waals surface area contributed by atoms with Crippen molar-refractivity contribution in [3.05, 3.63) is 42.1 Å². The van der Waals surface area contributed by atoms with Crippen LogP contribution in [0.25, 0.3) is 10.9 Å². The molecule has 18 heavy (non-hydrogen) atoms. The molecule has 0 bridgehead atoms. The molecule has 2 N–H and O–H groups in total. The summed E-state index contributed by atoms with van der Waals surface area (Å²) in [4.78, 5) is 16.4. The minimum Gasteiger partial charge on any atom is -0.321 e. The molecule has 0 saturated carbocycles. The Morgan fingerprint density at radius 1 is 1.33 bits per heavy atom. The predicted molar refractivity (Wildman–Crippen MR) is 73.5 cm³/mol. The van der Waals surface area contributed by atoms with Crippen LogP contribution in [-0.4, -0.2) is 16.8 Å². The van der Waals surface area contributed by atoms with Gasteiger partial charge in [-0.25, -0.2) is 0 Å². The third kappa shape index (κ3) is 2.74. The molecule has 1 aromatic carbocycles. The maximum atomic E-state index is 12.2. The van der Waals surface area contributed by atoms with Crippen molar-refractivity contribution in [2.75, 3.05) is 0 Å². The molecule has 1 aromatic heterocycles. The number of aromatic nitrogens is 1. The zero-order chi connectivity index (χ0) is 13.1. The molecule has 0 aliphatic heterocycles. The van der Waals surface area contributed by atoms with E-state index in [1.54, 1.807) is 6.20 Å². The Morgan fingerprint density at radius 3 is 2.78 bits per heavy atom. The Bertz CT molecular complexity index is 563. The molecule has 94 valence electrons. The van der Waals surface area contributed by atoms with E-state index in [2.05, 4.69) is 18.8 Å². The molecular formula is C15H18N2O. The number of Topliss-reactive ketones (excluding diaryl/α,β-unsaturated/α-hetero) is 1. The first kappa shape index (κ1) is 12.7. The van der Waals surface area contributed by atoms with Gasteiger partial charge in [0.05, 0.1) is 11.6 Å². The minimum absolute atomic E-state index is 0.0260. The van der Waals surface area contributed by atoms with Gasteiger partial charge >= 0.3 is 0 Å². The summed E-state index contributed by atoms with van der Waals surface area (Å²) in [5.41, 5.74) is 7.41. The van der Waals surface area contributed by atoms with Crippen molar-refractivity contribution in [1.82, 2.24) is 4.98 Å². The summed E-state index contributed by atoms with van der Waals surface area (Å²) >= 11 is 0. The Hall–Kier alpha value is -1.74. The first-order valence-electron chi connectivity index (χ1n) is 6.22. The van der Waals surface area contributed by atoms with Crippen molar-refractivity contribution in [3.63, 3.8) is 0 Å². The molecule has 1 unspecified atom stereocenters. The Balaban J connectivity index is 2.28. The smallest absolute Gasteiger partial charge is 0.181 e. The second-order valence-electron chi connectivity index (χ2n) is 5.02. The quantitative estimate of drug-likeness (QED) is 0.839. The van der Waals surface area contributed by atoms with Gasteiger partial charge in [0.15, 0.2) is 5.78 Å². The topological polar surface area (TPSA) is 56.0 Å². The summed E-state index contributed by atoms with van der Waals surface area (Å²) in [6, 6.07) is 9.18. The fourth-order valence-corrected chi connectivity index (χ4v) is 2.03. The van der Waals surface area contributed by atoms with Gasteiger partial charge in [0.25, 0.3) is 0 Å². The van der Waals surface area contributed by atoms with Gasteiger partial charge in [-0.05, 0) is 24.5 Å². The van der Waals surface area contributed by atoms with Crippen LogP contribution in [-0.2, 0) is 0 Å². The van der Waals surface area contributed by atoms with E-state index in [9.17, 15) is 4.79 Å². The van der Waals surface area contributed by atoms with Crippen LogP contribution in [0.2, 0.25) is 0 Å². The van der Waals surface area contributed by atoms with Crippen LogP contribution in [0.4, 0.5) is 0 Å². The summed E-state index contributed by atoms with van der Waals surface area (Å²) in [7, 11) is 0. The highest BCUT2D eigenvalue weighted by Crippen LogP contribution is 2.15. The average Bonchev–Trinajstić information content (AvgIpc) is 2.36. The van der Waals surface area contributed by atoms with Crippen LogP contribution in [0.1, 0.15) is 30.6 Å². The molecule has 0 amide bonds. The fourth-order valence-electron chi connectivity index (χ4n) is 2.03. The number of nitrogens with two attached hydrogens (primary N) is 1. The summed E-state index contributed by atoms with van der Waals surface area (Å²) in [6.45, 7) is 4.12. The van der Waals surface area contributed by atoms with E-state index in [1.807, 2.05) is 30.3 Å². The molecule has 0 fully saturated rings. The van der Waals surface area contributed by atoms with Crippen LogP contribution in [0, 0.1) is 5.92 Å². The highest BCUT2D eigenvalue weighted by molar-refractivity contribution is 6.02. The zero-order valence-electron chi connectivity index (χ0n) is 10.8. The molecule has 0 spiro atoms. The van der Waals surface area contributed by atoms with Gasteiger partial charge < -0.3 is 5.73 Å². The lowest BCUT2D eigenvalue weighted by Crippen LogP contribution is -2.32. The largest absolute Gasteiger partial charge is 0.321 e. The molecule has 3 nitrogen and oxygen atoms in total. The Morgan fingerprint density at radius 2 is 2.06 bits per heavy atom. The van der Waals surface area contributed by atoms with Crippen LogP contribution in [0.15, 0.2) is 36.5 Å². The van der Waals surface area contributed by atoms with E-state index in [1.165, 1.54) is 0 Å². The van der Waals surface area contributed by atoms with Crippen molar-refractivity contribution in [2.24, 2.45) is 11.7 Å². The van der Waals surface area contributed by atoms with Gasteiger partial charge in [0.2, 0.25) is 0 Å². The number of ketones is 1. The molecule has 0 aliphatic rings. The van der Waals surface area contributed by atoms with Crippen LogP contribution >= 0.6 is 0 Å². The molecule has 1 heterocycles. The maximum Gasteiger partial charge on any atom is 0.181 e. The van der Waals surface area contributed by atoms with Gasteiger partial charge in [-0.15, -0.1) is 0 Å². The first-order chi connectivity index (χ1) is 8.58. The zero-order valence-corrected chi connectivity index (χ0v) is 10.8. The second kappa shape index (κ2) is 5.27. The number of benzene rings is 1. The monoisotopic (exact) mass is 242 g/mol. The molecule has 0 saturated heterocycles. The summed E-state index contributed by atoms with van der Waals surface area (Å²) < 4.78 is 0. The number of fused-ring (bicyclic) bond motifs is 1. The van der Waals surface area contributed by atoms with E-state index in [4.69, 9.17) is 5.73 Å². The van der Waals surface area contributed by atoms with Crippen molar-refractivity contribution in [3.8, 4) is 0 Å². The molecule has 1 atom stereocenters. The summed E-state index contributed by atoms with van der Waals surface area (Å²) in [6.07, 6.45) is 2.32. The SMILES string of the molecule is CC(C)CC(N)C(=O)c1cnc2ccccc2c1. The number of hydrogen-bond donors (Lipinski definition) is 1. The second-order valence-corrected chi connectivity index (χ2v) is 5.02. The van der Waals surface area contributed by atoms with Crippen LogP contribution < -0.4 is 5.73 Å². The minimum atomic E-state index is -0.437. The lowest BCUT2D eigenvalue weighted by Gasteiger charge is -2.12. The van der Waals surface area contributed by atoms with E-state index in [0.717, 1.165) is 10.9 Å². The molecule has 2 aromatic rings. The van der Waals surface area contributed by atoms with Gasteiger partial charge in [-0.3, -0.25) is 9.78 Å². The average molecular weight is 242 g/mol. The molecule has 0 radical (unpaired) electrons. The van der Waals surface area contributed by atoms with E-state index < -0.39 is 6.04 Å². The number of hydrogen-bond acceptors (Lipinski definition) is 3. The molecule has 2 rings (SSSR count). The molecule has 0 aliphatic carbocycles. The van der Waals surface area contributed by atoms with Gasteiger partial charge in [0.1, 0.15) is 0 Å². The molecule has 3 heteroatoms. The number of pyridine rings is 1. The number of carbonyl (C=O) groups is 1. The summed E-state index contributed by atoms with van der Waals surface area (Å²) in [5, 5.41) is 0.972. The van der Waals surface area contributed by atoms with Crippen LogP contribution in [0.5, 0.6) is 0 Å². The lowest BCUT2D eigenvalue weighted by molar-refractivity contribution is 0.0951. The lowest BCUT2D eigenvalue weighted by atomic mass is 9.97.